The molecule has 0 aromatic heterocycles. The van der Waals surface area contributed by atoms with Crippen LogP contribution in [0.4, 0.5) is 0 Å². The standard InChI is InChI=1S/C54H69NO3Si2/c1-12-15-50(47-35-41(16-13-32-57-59(8,9)53(2,3)4)34-42(36-47)17-14-33-58-60(10,11)54(5,6)7)56-38-46-29-28-45-27-26-44-25-24-43(48-30-31-49(46)52(45)51(44)48)23-22-39-18-20-40(37-55)21-19-39/h12,18-21,24-31,34-36,50H,1,13-17,22-23,32-33,38H2,2-11H3. The van der Waals surface area contributed by atoms with Crippen molar-refractivity contribution in [2.75, 3.05) is 13.2 Å². The van der Waals surface area contributed by atoms with Crippen molar-refractivity contribution in [3.63, 3.8) is 0 Å². The largest absolute Gasteiger partial charge is 0.417 e. The van der Waals surface area contributed by atoms with Gasteiger partial charge in [-0.3, -0.25) is 0 Å². The van der Waals surface area contributed by atoms with Crippen molar-refractivity contribution in [2.24, 2.45) is 0 Å². The van der Waals surface area contributed by atoms with Crippen molar-refractivity contribution < 1.29 is 13.6 Å². The van der Waals surface area contributed by atoms with Gasteiger partial charge in [0.15, 0.2) is 16.6 Å². The second-order valence-corrected chi connectivity index (χ2v) is 29.6. The number of hydrogen-bond acceptors (Lipinski definition) is 4. The molecule has 0 N–H and O–H groups in total. The van der Waals surface area contributed by atoms with Gasteiger partial charge in [0, 0.05) is 13.2 Å². The smallest absolute Gasteiger partial charge is 0.191 e. The van der Waals surface area contributed by atoms with Crippen LogP contribution in [0, 0.1) is 11.3 Å². The van der Waals surface area contributed by atoms with Gasteiger partial charge in [0.2, 0.25) is 0 Å². The maximum Gasteiger partial charge on any atom is 0.191 e. The van der Waals surface area contributed by atoms with Gasteiger partial charge >= 0.3 is 0 Å². The third-order valence-corrected chi connectivity index (χ3v) is 22.7. The summed E-state index contributed by atoms with van der Waals surface area (Å²) in [6.07, 6.45) is 8.43. The molecule has 0 spiro atoms. The van der Waals surface area contributed by atoms with Gasteiger partial charge in [-0.1, -0.05) is 126 Å². The van der Waals surface area contributed by atoms with E-state index < -0.39 is 16.6 Å². The molecule has 6 aromatic rings. The minimum atomic E-state index is -1.80. The summed E-state index contributed by atoms with van der Waals surface area (Å²) >= 11 is 0. The zero-order valence-electron chi connectivity index (χ0n) is 38.3. The van der Waals surface area contributed by atoms with Crippen molar-refractivity contribution in [3.8, 4) is 6.07 Å². The van der Waals surface area contributed by atoms with E-state index in [1.54, 1.807) is 0 Å². The molecule has 0 radical (unpaired) electrons. The number of hydrogen-bond donors (Lipinski definition) is 0. The topological polar surface area (TPSA) is 51.5 Å². The summed E-state index contributed by atoms with van der Waals surface area (Å²) < 4.78 is 20.1. The lowest BCUT2D eigenvalue weighted by molar-refractivity contribution is 0.0423. The van der Waals surface area contributed by atoms with E-state index in [2.05, 4.69) is 159 Å². The van der Waals surface area contributed by atoms with E-state index in [0.717, 1.165) is 58.2 Å². The summed E-state index contributed by atoms with van der Waals surface area (Å²) in [4.78, 5) is 0. The fraction of sp³-hybridized carbons (Fsp3) is 0.426. The number of nitriles is 1. The molecule has 6 rings (SSSR count). The molecule has 0 aliphatic carbocycles. The van der Waals surface area contributed by atoms with Crippen molar-refractivity contribution in [1.29, 1.82) is 5.26 Å². The van der Waals surface area contributed by atoms with Crippen molar-refractivity contribution in [1.82, 2.24) is 0 Å². The zero-order chi connectivity index (χ0) is 43.3. The van der Waals surface area contributed by atoms with Gasteiger partial charge in [0.05, 0.1) is 24.3 Å². The first-order valence-corrected chi connectivity index (χ1v) is 28.0. The SMILES string of the molecule is C=CCC(OCc1ccc2ccc3ccc(CCc4ccc(C#N)cc4)c4ccc1c2c34)c1cc(CCCO[Si](C)(C)C(C)(C)C)cc(CCCO[Si](C)(C)C(C)(C)C)c1. The molecule has 0 aliphatic heterocycles. The molecule has 0 bridgehead atoms. The van der Waals surface area contributed by atoms with E-state index in [9.17, 15) is 5.26 Å². The van der Waals surface area contributed by atoms with Gasteiger partial charge in [-0.25, -0.2) is 0 Å². The van der Waals surface area contributed by atoms with E-state index in [4.69, 9.17) is 13.6 Å². The van der Waals surface area contributed by atoms with Gasteiger partial charge in [0.25, 0.3) is 0 Å². The minimum absolute atomic E-state index is 0.111. The number of ether oxygens (including phenoxy) is 1. The van der Waals surface area contributed by atoms with Crippen LogP contribution >= 0.6 is 0 Å². The summed E-state index contributed by atoms with van der Waals surface area (Å²) in [5.74, 6) is 0. The second kappa shape index (κ2) is 18.9. The average molecular weight is 836 g/mol. The molecule has 4 nitrogen and oxygen atoms in total. The lowest BCUT2D eigenvalue weighted by atomic mass is 9.89. The Labute approximate surface area is 363 Å². The molecule has 0 aliphatic rings. The third-order valence-electron chi connectivity index (χ3n) is 13.6. The van der Waals surface area contributed by atoms with Gasteiger partial charge < -0.3 is 13.6 Å². The highest BCUT2D eigenvalue weighted by Gasteiger charge is 2.37. The molecule has 1 atom stereocenters. The fourth-order valence-electron chi connectivity index (χ4n) is 7.84. The van der Waals surface area contributed by atoms with Crippen LogP contribution in [0.1, 0.15) is 106 Å². The summed E-state index contributed by atoms with van der Waals surface area (Å²) in [6, 6.07) is 35.6. The first-order valence-electron chi connectivity index (χ1n) is 22.2. The summed E-state index contributed by atoms with van der Waals surface area (Å²) in [5, 5.41) is 17.4. The predicted octanol–water partition coefficient (Wildman–Crippen LogP) is 15.0. The maximum absolute atomic E-state index is 9.24. The molecule has 1 unspecified atom stereocenters. The van der Waals surface area contributed by atoms with Crippen molar-refractivity contribution >= 4 is 49.0 Å². The average Bonchev–Trinajstić information content (AvgIpc) is 3.20. The normalized spacial score (nSPS) is 13.3. The molecule has 0 fully saturated rings. The molecule has 0 saturated heterocycles. The highest BCUT2D eigenvalue weighted by Crippen LogP contribution is 2.40. The Balaban J connectivity index is 1.24. The molecule has 316 valence electrons. The van der Waals surface area contributed by atoms with E-state index >= 15 is 0 Å². The van der Waals surface area contributed by atoms with Gasteiger partial charge in [-0.15, -0.1) is 6.58 Å². The Morgan fingerprint density at radius 1 is 0.617 bits per heavy atom. The molecule has 6 heteroatoms. The highest BCUT2D eigenvalue weighted by atomic mass is 28.4. The number of aryl methyl sites for hydroxylation is 4. The Kier molecular flexibility index (Phi) is 14.3. The molecule has 0 amide bonds. The van der Waals surface area contributed by atoms with E-state index in [1.165, 1.54) is 65.7 Å². The Morgan fingerprint density at radius 3 is 1.62 bits per heavy atom. The van der Waals surface area contributed by atoms with Crippen LogP contribution in [0.25, 0.3) is 32.3 Å². The molecule has 0 saturated carbocycles. The summed E-state index contributed by atoms with van der Waals surface area (Å²) in [6.45, 7) is 29.5. The number of benzene rings is 6. The monoisotopic (exact) mass is 835 g/mol. The van der Waals surface area contributed by atoms with Crippen LogP contribution in [0.3, 0.4) is 0 Å². The molecule has 0 heterocycles. The lowest BCUT2D eigenvalue weighted by Gasteiger charge is -2.36. The first-order chi connectivity index (χ1) is 28.4. The minimum Gasteiger partial charge on any atom is -0.417 e. The van der Waals surface area contributed by atoms with Crippen LogP contribution in [-0.4, -0.2) is 29.8 Å². The lowest BCUT2D eigenvalue weighted by Crippen LogP contribution is -2.41. The van der Waals surface area contributed by atoms with Gasteiger partial charge in [0.1, 0.15) is 0 Å². The van der Waals surface area contributed by atoms with Crippen LogP contribution in [0.15, 0.2) is 104 Å². The van der Waals surface area contributed by atoms with E-state index in [-0.39, 0.29) is 16.2 Å². The summed E-state index contributed by atoms with van der Waals surface area (Å²) in [7, 11) is -3.60. The van der Waals surface area contributed by atoms with Gasteiger partial charge in [-0.05, 0) is 159 Å². The van der Waals surface area contributed by atoms with Crippen LogP contribution in [-0.2, 0) is 45.9 Å². The molecular formula is C54H69NO3Si2. The number of nitrogens with zero attached hydrogens (tertiary/aromatic N) is 1. The van der Waals surface area contributed by atoms with Crippen LogP contribution in [0.2, 0.25) is 36.3 Å². The van der Waals surface area contributed by atoms with Gasteiger partial charge in [-0.2, -0.15) is 5.26 Å². The highest BCUT2D eigenvalue weighted by molar-refractivity contribution is 6.74. The maximum atomic E-state index is 9.24. The Morgan fingerprint density at radius 2 is 1.12 bits per heavy atom. The first kappa shape index (κ1) is 45.4. The molecular weight excluding hydrogens is 767 g/mol. The van der Waals surface area contributed by atoms with Crippen LogP contribution in [0.5, 0.6) is 0 Å². The van der Waals surface area contributed by atoms with Crippen molar-refractivity contribution in [2.45, 2.75) is 135 Å². The third kappa shape index (κ3) is 10.7. The van der Waals surface area contributed by atoms with Crippen molar-refractivity contribution in [3.05, 3.63) is 143 Å². The quantitative estimate of drug-likeness (QED) is 0.0353. The Bertz CT molecular complexity index is 2380. The summed E-state index contributed by atoms with van der Waals surface area (Å²) in [5.41, 5.74) is 8.43. The molecule has 6 aromatic carbocycles. The van der Waals surface area contributed by atoms with E-state index in [0.29, 0.717) is 12.2 Å². The Hall–Kier alpha value is -4.10. The predicted molar refractivity (Wildman–Crippen MR) is 260 cm³/mol. The van der Waals surface area contributed by atoms with Crippen LogP contribution < -0.4 is 0 Å². The number of rotatable bonds is 19. The second-order valence-electron chi connectivity index (χ2n) is 20.0. The fourth-order valence-corrected chi connectivity index (χ4v) is 10.0. The zero-order valence-corrected chi connectivity index (χ0v) is 40.3. The van der Waals surface area contributed by atoms with E-state index in [1.807, 2.05) is 18.2 Å². The molecule has 60 heavy (non-hydrogen) atoms.